The van der Waals surface area contributed by atoms with E-state index in [1.807, 2.05) is 12.1 Å². The van der Waals surface area contributed by atoms with Gasteiger partial charge in [0, 0.05) is 49.8 Å². The third-order valence-corrected chi connectivity index (χ3v) is 6.17. The van der Waals surface area contributed by atoms with Gasteiger partial charge in [-0.15, -0.1) is 0 Å². The average molecular weight is 445 g/mol. The number of benzene rings is 2. The van der Waals surface area contributed by atoms with Gasteiger partial charge in [-0.1, -0.05) is 6.07 Å². The summed E-state index contributed by atoms with van der Waals surface area (Å²) in [6.07, 6.45) is 3.57. The van der Waals surface area contributed by atoms with Crippen molar-refractivity contribution in [3.8, 4) is 0 Å². The van der Waals surface area contributed by atoms with Gasteiger partial charge in [-0.05, 0) is 61.7 Å². The molecule has 0 bridgehead atoms. The maximum Gasteiger partial charge on any atom is 0.253 e. The summed E-state index contributed by atoms with van der Waals surface area (Å²) in [7, 11) is -0.623. The van der Waals surface area contributed by atoms with Crippen LogP contribution in [0.15, 0.2) is 48.5 Å². The van der Waals surface area contributed by atoms with E-state index in [2.05, 4.69) is 14.9 Å². The van der Waals surface area contributed by atoms with Crippen molar-refractivity contribution in [1.82, 2.24) is 4.90 Å². The number of nitrogens with one attached hydrogen (secondary N) is 2. The SMILES string of the molecule is CN(C)C(=O)c1cccc(NC(=O)CS(=O)(=O)Nc2ccc(N3CCCCC3)cc2)c1. The summed E-state index contributed by atoms with van der Waals surface area (Å²) < 4.78 is 27.3. The zero-order valence-corrected chi connectivity index (χ0v) is 18.6. The van der Waals surface area contributed by atoms with Gasteiger partial charge in [-0.2, -0.15) is 0 Å². The molecular weight excluding hydrogens is 416 g/mol. The smallest absolute Gasteiger partial charge is 0.253 e. The first-order valence-corrected chi connectivity index (χ1v) is 11.9. The molecule has 166 valence electrons. The van der Waals surface area contributed by atoms with E-state index >= 15 is 0 Å². The molecule has 0 spiro atoms. The summed E-state index contributed by atoms with van der Waals surface area (Å²) in [6.45, 7) is 2.01. The number of sulfonamides is 1. The summed E-state index contributed by atoms with van der Waals surface area (Å²) in [4.78, 5) is 28.0. The summed E-state index contributed by atoms with van der Waals surface area (Å²) in [5.41, 5.74) is 2.23. The Balaban J connectivity index is 1.58. The Labute approximate surface area is 183 Å². The van der Waals surface area contributed by atoms with Crippen molar-refractivity contribution in [1.29, 1.82) is 0 Å². The van der Waals surface area contributed by atoms with Crippen molar-refractivity contribution in [2.45, 2.75) is 19.3 Å². The van der Waals surface area contributed by atoms with Gasteiger partial charge in [0.1, 0.15) is 5.75 Å². The molecule has 8 nitrogen and oxygen atoms in total. The molecule has 2 N–H and O–H groups in total. The normalized spacial score (nSPS) is 14.1. The molecule has 0 saturated carbocycles. The highest BCUT2D eigenvalue weighted by molar-refractivity contribution is 7.93. The molecule has 0 atom stereocenters. The van der Waals surface area contributed by atoms with E-state index in [4.69, 9.17) is 0 Å². The Morgan fingerprint density at radius 2 is 1.65 bits per heavy atom. The highest BCUT2D eigenvalue weighted by Gasteiger charge is 2.18. The molecule has 2 aromatic carbocycles. The topological polar surface area (TPSA) is 98.8 Å². The van der Waals surface area contributed by atoms with E-state index in [1.54, 1.807) is 44.4 Å². The van der Waals surface area contributed by atoms with Crippen LogP contribution in [0.1, 0.15) is 29.6 Å². The van der Waals surface area contributed by atoms with Crippen molar-refractivity contribution < 1.29 is 18.0 Å². The molecule has 1 aliphatic rings. The number of carbonyl (C=O) groups excluding carboxylic acids is 2. The van der Waals surface area contributed by atoms with Crippen LogP contribution in [-0.2, 0) is 14.8 Å². The summed E-state index contributed by atoms with van der Waals surface area (Å²) in [5.74, 6) is -1.63. The predicted octanol–water partition coefficient (Wildman–Crippen LogP) is 2.76. The Bertz CT molecular complexity index is 1030. The van der Waals surface area contributed by atoms with Crippen LogP contribution in [0, 0.1) is 0 Å². The Morgan fingerprint density at radius 1 is 0.968 bits per heavy atom. The molecule has 31 heavy (non-hydrogen) atoms. The molecular formula is C22H28N4O4S. The lowest BCUT2D eigenvalue weighted by molar-refractivity contribution is -0.113. The molecule has 1 fully saturated rings. The minimum Gasteiger partial charge on any atom is -0.372 e. The van der Waals surface area contributed by atoms with Gasteiger partial charge in [0.15, 0.2) is 0 Å². The van der Waals surface area contributed by atoms with Crippen LogP contribution in [0.4, 0.5) is 17.1 Å². The summed E-state index contributed by atoms with van der Waals surface area (Å²) in [5, 5.41) is 2.53. The van der Waals surface area contributed by atoms with E-state index in [1.165, 1.54) is 17.4 Å². The van der Waals surface area contributed by atoms with Crippen LogP contribution >= 0.6 is 0 Å². The van der Waals surface area contributed by atoms with Crippen LogP contribution in [0.25, 0.3) is 0 Å². The van der Waals surface area contributed by atoms with Gasteiger partial charge in [-0.3, -0.25) is 14.3 Å². The zero-order chi connectivity index (χ0) is 22.4. The molecule has 1 aliphatic heterocycles. The Morgan fingerprint density at radius 3 is 2.29 bits per heavy atom. The second kappa shape index (κ2) is 9.82. The monoisotopic (exact) mass is 444 g/mol. The highest BCUT2D eigenvalue weighted by atomic mass is 32.2. The minimum absolute atomic E-state index is 0.210. The maximum atomic E-state index is 12.4. The maximum absolute atomic E-state index is 12.4. The molecule has 2 amide bonds. The fourth-order valence-electron chi connectivity index (χ4n) is 3.47. The van der Waals surface area contributed by atoms with Gasteiger partial charge in [0.25, 0.3) is 5.91 Å². The van der Waals surface area contributed by atoms with Crippen molar-refractivity contribution >= 4 is 38.9 Å². The lowest BCUT2D eigenvalue weighted by atomic mass is 10.1. The van der Waals surface area contributed by atoms with Crippen molar-refractivity contribution in [2.75, 3.05) is 47.9 Å². The molecule has 0 aromatic heterocycles. The van der Waals surface area contributed by atoms with Crippen molar-refractivity contribution in [2.24, 2.45) is 0 Å². The first-order valence-electron chi connectivity index (χ1n) is 10.2. The average Bonchev–Trinajstić information content (AvgIpc) is 2.73. The van der Waals surface area contributed by atoms with Gasteiger partial charge in [0.05, 0.1) is 0 Å². The van der Waals surface area contributed by atoms with Crippen LogP contribution < -0.4 is 14.9 Å². The number of piperidine rings is 1. The Hall–Kier alpha value is -3.07. The van der Waals surface area contributed by atoms with E-state index < -0.39 is 21.7 Å². The number of amides is 2. The number of carbonyl (C=O) groups is 2. The molecule has 0 radical (unpaired) electrons. The third kappa shape index (κ3) is 6.45. The van der Waals surface area contributed by atoms with Crippen LogP contribution in [0.3, 0.4) is 0 Å². The van der Waals surface area contributed by atoms with E-state index in [0.717, 1.165) is 31.6 Å². The number of hydrogen-bond donors (Lipinski definition) is 2. The van der Waals surface area contributed by atoms with Gasteiger partial charge in [-0.25, -0.2) is 8.42 Å². The second-order valence-corrected chi connectivity index (χ2v) is 9.51. The van der Waals surface area contributed by atoms with Crippen LogP contribution in [-0.4, -0.2) is 58.1 Å². The standard InChI is InChI=1S/C22H28N4O4S/c1-25(2)22(28)17-7-6-8-19(15-17)23-21(27)16-31(29,30)24-18-9-11-20(12-10-18)26-13-4-3-5-14-26/h6-12,15,24H,3-5,13-14,16H2,1-2H3,(H,23,27). The van der Waals surface area contributed by atoms with E-state index in [0.29, 0.717) is 16.9 Å². The molecule has 9 heteroatoms. The number of anilines is 3. The van der Waals surface area contributed by atoms with Crippen molar-refractivity contribution in [3.63, 3.8) is 0 Å². The van der Waals surface area contributed by atoms with E-state index in [-0.39, 0.29) is 5.91 Å². The largest absolute Gasteiger partial charge is 0.372 e. The fraction of sp³-hybridized carbons (Fsp3) is 0.364. The predicted molar refractivity (Wildman–Crippen MR) is 123 cm³/mol. The molecule has 1 heterocycles. The number of rotatable bonds is 7. The zero-order valence-electron chi connectivity index (χ0n) is 17.8. The van der Waals surface area contributed by atoms with Gasteiger partial charge < -0.3 is 15.1 Å². The number of nitrogens with zero attached hydrogens (tertiary/aromatic N) is 2. The first-order chi connectivity index (χ1) is 14.7. The highest BCUT2D eigenvalue weighted by Crippen LogP contribution is 2.22. The first kappa shape index (κ1) is 22.6. The quantitative estimate of drug-likeness (QED) is 0.684. The molecule has 1 saturated heterocycles. The fourth-order valence-corrected chi connectivity index (χ4v) is 4.45. The third-order valence-electron chi connectivity index (χ3n) is 4.98. The number of hydrogen-bond acceptors (Lipinski definition) is 5. The van der Waals surface area contributed by atoms with Crippen LogP contribution in [0.5, 0.6) is 0 Å². The minimum atomic E-state index is -3.88. The van der Waals surface area contributed by atoms with E-state index in [9.17, 15) is 18.0 Å². The van der Waals surface area contributed by atoms with Gasteiger partial charge >= 0.3 is 0 Å². The summed E-state index contributed by atoms with van der Waals surface area (Å²) in [6, 6.07) is 13.6. The van der Waals surface area contributed by atoms with Crippen LogP contribution in [0.2, 0.25) is 0 Å². The lowest BCUT2D eigenvalue weighted by Gasteiger charge is -2.28. The second-order valence-electron chi connectivity index (χ2n) is 7.78. The molecule has 0 unspecified atom stereocenters. The molecule has 0 aliphatic carbocycles. The lowest BCUT2D eigenvalue weighted by Crippen LogP contribution is -2.29. The summed E-state index contributed by atoms with van der Waals surface area (Å²) >= 11 is 0. The van der Waals surface area contributed by atoms with Crippen molar-refractivity contribution in [3.05, 3.63) is 54.1 Å². The molecule has 2 aromatic rings. The Kier molecular flexibility index (Phi) is 7.17. The molecule has 3 rings (SSSR count). The van der Waals surface area contributed by atoms with Gasteiger partial charge in [0.2, 0.25) is 15.9 Å².